The van der Waals surface area contributed by atoms with E-state index in [2.05, 4.69) is 50.3 Å². The van der Waals surface area contributed by atoms with Crippen LogP contribution in [0.4, 0.5) is 0 Å². The molecule has 0 rings (SSSR count). The normalized spacial score (nSPS) is 13.0. The SMILES string of the molecule is CC=C[CH2][Sn]([Br])([Br])[Br]. The molecular weight excluding hydrogens is 406 g/mol. The van der Waals surface area contributed by atoms with Gasteiger partial charge in [0.05, 0.1) is 0 Å². The predicted molar refractivity (Wildman–Crippen MR) is 52.2 cm³/mol. The third-order valence-electron chi connectivity index (χ3n) is 0.585. The van der Waals surface area contributed by atoms with E-state index in [9.17, 15) is 0 Å². The van der Waals surface area contributed by atoms with Crippen LogP contribution >= 0.6 is 38.1 Å². The van der Waals surface area contributed by atoms with Gasteiger partial charge in [0.15, 0.2) is 0 Å². The molecule has 0 aliphatic rings. The molecule has 0 amide bonds. The van der Waals surface area contributed by atoms with E-state index in [1.807, 2.05) is 6.92 Å². The van der Waals surface area contributed by atoms with Crippen molar-refractivity contribution < 1.29 is 0 Å². The number of rotatable bonds is 2. The molecule has 0 aliphatic carbocycles. The van der Waals surface area contributed by atoms with Gasteiger partial charge in [-0.1, -0.05) is 0 Å². The van der Waals surface area contributed by atoms with Crippen molar-refractivity contribution in [3.63, 3.8) is 0 Å². The summed E-state index contributed by atoms with van der Waals surface area (Å²) >= 11 is 8.76. The zero-order valence-corrected chi connectivity index (χ0v) is 12.1. The fourth-order valence-corrected chi connectivity index (χ4v) is 5.45. The standard InChI is InChI=1S/C4H7.3BrH.Sn/c1-3-4-2;;;;/h3-4H,1H2,2H3;3*1H;/q;;;;+3/p-3. The minimum absolute atomic E-state index is 1.14. The van der Waals surface area contributed by atoms with Gasteiger partial charge in [0, 0.05) is 0 Å². The average molecular weight is 414 g/mol. The quantitative estimate of drug-likeness (QED) is 0.479. The Morgan fingerprint density at radius 1 is 1.38 bits per heavy atom. The van der Waals surface area contributed by atoms with E-state index in [0.29, 0.717) is 0 Å². The zero-order chi connectivity index (χ0) is 6.62. The van der Waals surface area contributed by atoms with Gasteiger partial charge >= 0.3 is 73.3 Å². The van der Waals surface area contributed by atoms with Gasteiger partial charge in [-0.25, -0.2) is 0 Å². The molecule has 0 aliphatic heterocycles. The molecule has 0 aromatic heterocycles. The summed E-state index contributed by atoms with van der Waals surface area (Å²) in [5, 5.41) is 0. The van der Waals surface area contributed by atoms with Crippen LogP contribution in [0.2, 0.25) is 4.44 Å². The molecule has 48 valence electrons. The van der Waals surface area contributed by atoms with Crippen molar-refractivity contribution in [2.75, 3.05) is 0 Å². The van der Waals surface area contributed by atoms with Crippen molar-refractivity contribution in [1.29, 1.82) is 0 Å². The summed E-state index contributed by atoms with van der Waals surface area (Å²) < 4.78 is 1.14. The molecule has 0 nitrogen and oxygen atoms in total. The van der Waals surface area contributed by atoms with Gasteiger partial charge in [0.2, 0.25) is 0 Å². The summed E-state index contributed by atoms with van der Waals surface area (Å²) in [6, 6.07) is 0. The fraction of sp³-hybridized carbons (Fsp3) is 0.500. The van der Waals surface area contributed by atoms with Gasteiger partial charge in [-0.2, -0.15) is 0 Å². The van der Waals surface area contributed by atoms with Crippen LogP contribution in [0.25, 0.3) is 0 Å². The molecule has 0 radical (unpaired) electrons. The Kier molecular flexibility index (Phi) is 5.92. The van der Waals surface area contributed by atoms with E-state index >= 15 is 0 Å². The first-order chi connectivity index (χ1) is 3.56. The third-order valence-corrected chi connectivity index (χ3v) is 9.09. The first-order valence-electron chi connectivity index (χ1n) is 2.24. The Labute approximate surface area is 72.2 Å². The molecule has 0 spiro atoms. The molecule has 4 heteroatoms. The Hall–Kier alpha value is 1.98. The molecule has 0 N–H and O–H groups in total. The second-order valence-corrected chi connectivity index (χ2v) is 54.7. The van der Waals surface area contributed by atoms with Gasteiger partial charge in [-0.05, 0) is 0 Å². The molecule has 0 saturated carbocycles. The molecule has 0 unspecified atom stereocenters. The topological polar surface area (TPSA) is 0 Å². The minimum atomic E-state index is -1.96. The van der Waals surface area contributed by atoms with Gasteiger partial charge in [0.1, 0.15) is 0 Å². The van der Waals surface area contributed by atoms with Crippen LogP contribution in [0.3, 0.4) is 0 Å². The summed E-state index contributed by atoms with van der Waals surface area (Å²) in [6.45, 7) is 2.03. The number of hydrogen-bond donors (Lipinski definition) is 0. The van der Waals surface area contributed by atoms with Crippen molar-refractivity contribution in [3.05, 3.63) is 12.2 Å². The van der Waals surface area contributed by atoms with Gasteiger partial charge < -0.3 is 0 Å². The van der Waals surface area contributed by atoms with E-state index in [1.165, 1.54) is 0 Å². The van der Waals surface area contributed by atoms with Gasteiger partial charge in [-0.3, -0.25) is 0 Å². The molecule has 0 aromatic rings. The van der Waals surface area contributed by atoms with E-state index in [0.717, 1.165) is 4.44 Å². The van der Waals surface area contributed by atoms with Crippen LogP contribution in [-0.4, -0.2) is 11.7 Å². The van der Waals surface area contributed by atoms with E-state index in [1.54, 1.807) is 0 Å². The first kappa shape index (κ1) is 9.98. The summed E-state index contributed by atoms with van der Waals surface area (Å²) in [5.74, 6) is 0. The maximum absolute atomic E-state index is 3.57. The first-order valence-corrected chi connectivity index (χ1v) is 23.5. The fourth-order valence-electron chi connectivity index (χ4n) is 0.251. The second kappa shape index (κ2) is 4.74. The number of allylic oxidation sites excluding steroid dienone is 2. The van der Waals surface area contributed by atoms with Gasteiger partial charge in [-0.15, -0.1) is 0 Å². The van der Waals surface area contributed by atoms with Crippen LogP contribution in [-0.2, 0) is 0 Å². The molecule has 0 bridgehead atoms. The number of hydrogen-bond acceptors (Lipinski definition) is 0. The van der Waals surface area contributed by atoms with E-state index < -0.39 is 11.7 Å². The molecule has 0 aromatic carbocycles. The second-order valence-electron chi connectivity index (χ2n) is 1.39. The molecule has 8 heavy (non-hydrogen) atoms. The molecule has 0 saturated heterocycles. The van der Waals surface area contributed by atoms with Crippen LogP contribution in [0.5, 0.6) is 0 Å². The Bertz CT molecular complexity index is 83.8. The molecule has 0 fully saturated rings. The van der Waals surface area contributed by atoms with Crippen molar-refractivity contribution in [2.24, 2.45) is 0 Å². The third kappa shape index (κ3) is 7.98. The van der Waals surface area contributed by atoms with Crippen molar-refractivity contribution in [2.45, 2.75) is 11.4 Å². The van der Waals surface area contributed by atoms with Crippen molar-refractivity contribution in [3.8, 4) is 0 Å². The van der Waals surface area contributed by atoms with Crippen LogP contribution in [0.15, 0.2) is 12.2 Å². The van der Waals surface area contributed by atoms with Crippen LogP contribution in [0, 0.1) is 0 Å². The summed E-state index contributed by atoms with van der Waals surface area (Å²) in [4.78, 5) is 0. The van der Waals surface area contributed by atoms with Crippen molar-refractivity contribution >= 4 is 49.8 Å². The number of halogens is 3. The monoisotopic (exact) mass is 412 g/mol. The van der Waals surface area contributed by atoms with E-state index in [-0.39, 0.29) is 0 Å². The Morgan fingerprint density at radius 2 is 1.88 bits per heavy atom. The van der Waals surface area contributed by atoms with Gasteiger partial charge in [0.25, 0.3) is 0 Å². The summed E-state index contributed by atoms with van der Waals surface area (Å²) in [6.07, 6.45) is 4.23. The van der Waals surface area contributed by atoms with E-state index in [4.69, 9.17) is 0 Å². The molecular formula is C4H7Br3Sn. The molecule has 0 heterocycles. The van der Waals surface area contributed by atoms with Crippen molar-refractivity contribution in [1.82, 2.24) is 0 Å². The Balaban J connectivity index is 3.39. The summed E-state index contributed by atoms with van der Waals surface area (Å²) in [5.41, 5.74) is 0. The van der Waals surface area contributed by atoms with Crippen LogP contribution < -0.4 is 0 Å². The Morgan fingerprint density at radius 3 is 2.00 bits per heavy atom. The zero-order valence-electron chi connectivity index (χ0n) is 4.50. The average Bonchev–Trinajstić information content (AvgIpc) is 1.59. The maximum atomic E-state index is 3.57. The summed E-state index contributed by atoms with van der Waals surface area (Å²) in [7, 11) is 0. The van der Waals surface area contributed by atoms with Crippen LogP contribution in [0.1, 0.15) is 6.92 Å². The molecule has 0 atom stereocenters. The predicted octanol–water partition coefficient (Wildman–Crippen LogP) is 3.69.